The van der Waals surface area contributed by atoms with Crippen molar-refractivity contribution in [1.82, 2.24) is 0 Å². The Labute approximate surface area is 189 Å². The summed E-state index contributed by atoms with van der Waals surface area (Å²) in [6.07, 6.45) is 3.79. The number of hydrogen-bond acceptors (Lipinski definition) is 5. The number of hydrogen-bond donors (Lipinski definition) is 2. The molecule has 8 atom stereocenters. The lowest BCUT2D eigenvalue weighted by atomic mass is 9.43. The van der Waals surface area contributed by atoms with E-state index < -0.39 is 35.9 Å². The standard InChI is InChI=1S/C25H38F2O5/c1-14(5-8-20(29)32-4)16-6-7-17-21-18(9-10-22(16,17)2)23(3)13-24(26,27)25(30,31)12-15(23)11-19(21)28/h14-18,21,30-31H,5-13H2,1-4H3/t14-,15-,16-,17?,18?,21?,22-,23+/m1/s1. The van der Waals surface area contributed by atoms with E-state index in [9.17, 15) is 28.6 Å². The van der Waals surface area contributed by atoms with E-state index in [0.717, 1.165) is 32.1 Å². The fourth-order valence-electron chi connectivity index (χ4n) is 8.56. The number of carbonyl (C=O) groups excluding carboxylic acids is 2. The van der Waals surface area contributed by atoms with Crippen molar-refractivity contribution in [3.8, 4) is 0 Å². The Morgan fingerprint density at radius 3 is 2.47 bits per heavy atom. The second-order valence-corrected chi connectivity index (χ2v) is 11.8. The highest BCUT2D eigenvalue weighted by molar-refractivity contribution is 5.83. The van der Waals surface area contributed by atoms with E-state index in [-0.39, 0.29) is 41.3 Å². The van der Waals surface area contributed by atoms with Gasteiger partial charge in [-0.2, -0.15) is 0 Å². The van der Waals surface area contributed by atoms with Gasteiger partial charge in [0.2, 0.25) is 5.79 Å². The molecule has 0 saturated heterocycles. The topological polar surface area (TPSA) is 83.8 Å². The van der Waals surface area contributed by atoms with Crippen molar-refractivity contribution in [2.75, 3.05) is 7.11 Å². The summed E-state index contributed by atoms with van der Waals surface area (Å²) in [7, 11) is 1.40. The number of ether oxygens (including phenoxy) is 1. The Bertz CT molecular complexity index is 782. The quantitative estimate of drug-likeness (QED) is 0.486. The van der Waals surface area contributed by atoms with Gasteiger partial charge >= 0.3 is 11.9 Å². The first-order valence-corrected chi connectivity index (χ1v) is 12.2. The first kappa shape index (κ1) is 24.1. The molecule has 4 aliphatic rings. The van der Waals surface area contributed by atoms with Crippen LogP contribution in [0.5, 0.6) is 0 Å². The molecule has 4 rings (SSSR count). The maximum absolute atomic E-state index is 14.7. The van der Waals surface area contributed by atoms with Gasteiger partial charge in [0.1, 0.15) is 5.78 Å². The van der Waals surface area contributed by atoms with Crippen LogP contribution in [0.3, 0.4) is 0 Å². The predicted octanol–water partition coefficient (Wildman–Crippen LogP) is 4.34. The number of fused-ring (bicyclic) bond motifs is 5. The number of esters is 1. The van der Waals surface area contributed by atoms with Gasteiger partial charge in [-0.15, -0.1) is 0 Å². The highest BCUT2D eigenvalue weighted by atomic mass is 19.3. The summed E-state index contributed by atoms with van der Waals surface area (Å²) in [6, 6.07) is 0. The number of carbonyl (C=O) groups is 2. The molecule has 0 aromatic heterocycles. The average Bonchev–Trinajstić information content (AvgIpc) is 3.05. The van der Waals surface area contributed by atoms with E-state index in [1.807, 2.05) is 6.92 Å². The Hall–Kier alpha value is -1.08. The molecule has 4 saturated carbocycles. The number of Topliss-reactive ketones (excluding diaryl/α,β-unsaturated/α-hetero) is 1. The summed E-state index contributed by atoms with van der Waals surface area (Å²) < 4.78 is 34.2. The highest BCUT2D eigenvalue weighted by Gasteiger charge is 2.69. The molecule has 4 aliphatic carbocycles. The van der Waals surface area contributed by atoms with Gasteiger partial charge in [0, 0.05) is 31.6 Å². The van der Waals surface area contributed by atoms with Crippen molar-refractivity contribution in [2.45, 2.75) is 90.3 Å². The van der Waals surface area contributed by atoms with Crippen LogP contribution >= 0.6 is 0 Å². The van der Waals surface area contributed by atoms with Gasteiger partial charge in [-0.1, -0.05) is 20.8 Å². The molecule has 0 amide bonds. The summed E-state index contributed by atoms with van der Waals surface area (Å²) in [5.41, 5.74) is -0.808. The van der Waals surface area contributed by atoms with Gasteiger partial charge in [-0.3, -0.25) is 9.59 Å². The Kier molecular flexibility index (Phi) is 5.81. The van der Waals surface area contributed by atoms with Gasteiger partial charge in [-0.05, 0) is 72.5 Å². The van der Waals surface area contributed by atoms with Gasteiger partial charge in [0.15, 0.2) is 0 Å². The first-order chi connectivity index (χ1) is 14.8. The van der Waals surface area contributed by atoms with Gasteiger partial charge < -0.3 is 14.9 Å². The van der Waals surface area contributed by atoms with Crippen LogP contribution in [0.4, 0.5) is 8.78 Å². The number of alkyl halides is 2. The fourth-order valence-corrected chi connectivity index (χ4v) is 8.56. The van der Waals surface area contributed by atoms with Crippen molar-refractivity contribution >= 4 is 11.8 Å². The molecule has 0 radical (unpaired) electrons. The van der Waals surface area contributed by atoms with Crippen molar-refractivity contribution < 1.29 is 33.3 Å². The zero-order valence-corrected chi connectivity index (χ0v) is 19.7. The number of rotatable bonds is 4. The summed E-state index contributed by atoms with van der Waals surface area (Å²) >= 11 is 0. The maximum atomic E-state index is 14.7. The van der Waals surface area contributed by atoms with Crippen LogP contribution in [0.2, 0.25) is 0 Å². The molecule has 7 heteroatoms. The molecule has 2 N–H and O–H groups in total. The van der Waals surface area contributed by atoms with E-state index in [0.29, 0.717) is 18.3 Å². The largest absolute Gasteiger partial charge is 0.469 e. The molecule has 0 aromatic carbocycles. The van der Waals surface area contributed by atoms with Crippen molar-refractivity contribution in [3.63, 3.8) is 0 Å². The van der Waals surface area contributed by atoms with Crippen LogP contribution in [-0.4, -0.2) is 40.8 Å². The predicted molar refractivity (Wildman–Crippen MR) is 114 cm³/mol. The minimum Gasteiger partial charge on any atom is -0.469 e. The Balaban J connectivity index is 1.58. The SMILES string of the molecule is COC(=O)CC[C@@H](C)[C@H]1CCC2C3C(=O)C[C@@H]4CC(O)(O)C(F)(F)C[C@]4(C)C3CC[C@@]21C. The van der Waals surface area contributed by atoms with Crippen molar-refractivity contribution in [2.24, 2.45) is 46.3 Å². The fraction of sp³-hybridized carbons (Fsp3) is 0.920. The zero-order chi connectivity index (χ0) is 23.7. The Morgan fingerprint density at radius 1 is 1.16 bits per heavy atom. The summed E-state index contributed by atoms with van der Waals surface area (Å²) in [5, 5.41) is 20.0. The lowest BCUT2D eigenvalue weighted by Crippen LogP contribution is -2.64. The highest BCUT2D eigenvalue weighted by Crippen LogP contribution is 2.69. The molecule has 0 spiro atoms. The number of halogens is 2. The van der Waals surface area contributed by atoms with Crippen LogP contribution in [0, 0.1) is 46.3 Å². The second-order valence-electron chi connectivity index (χ2n) is 11.8. The summed E-state index contributed by atoms with van der Waals surface area (Å²) in [4.78, 5) is 25.0. The number of methoxy groups -OCH3 is 1. The van der Waals surface area contributed by atoms with Gasteiger partial charge in [0.25, 0.3) is 0 Å². The van der Waals surface area contributed by atoms with E-state index >= 15 is 0 Å². The third-order valence-electron chi connectivity index (χ3n) is 10.4. The summed E-state index contributed by atoms with van der Waals surface area (Å²) in [6.45, 7) is 6.31. The van der Waals surface area contributed by atoms with Crippen LogP contribution in [-0.2, 0) is 14.3 Å². The van der Waals surface area contributed by atoms with Crippen LogP contribution < -0.4 is 0 Å². The molecule has 0 heterocycles. The monoisotopic (exact) mass is 456 g/mol. The van der Waals surface area contributed by atoms with Gasteiger partial charge in [-0.25, -0.2) is 8.78 Å². The molecule has 0 aliphatic heterocycles. The molecule has 32 heavy (non-hydrogen) atoms. The third-order valence-corrected chi connectivity index (χ3v) is 10.4. The molecular weight excluding hydrogens is 418 g/mol. The van der Waals surface area contributed by atoms with Crippen molar-refractivity contribution in [1.29, 1.82) is 0 Å². The normalized spacial score (nSPS) is 45.4. The van der Waals surface area contributed by atoms with E-state index in [1.54, 1.807) is 0 Å². The lowest BCUT2D eigenvalue weighted by molar-refractivity contribution is -0.344. The van der Waals surface area contributed by atoms with Gasteiger partial charge in [0.05, 0.1) is 7.11 Å². The molecule has 5 nitrogen and oxygen atoms in total. The molecule has 0 bridgehead atoms. The lowest BCUT2D eigenvalue weighted by Gasteiger charge is -2.61. The van der Waals surface area contributed by atoms with Crippen LogP contribution in [0.25, 0.3) is 0 Å². The average molecular weight is 457 g/mol. The molecule has 182 valence electrons. The number of aliphatic hydroxyl groups is 2. The zero-order valence-electron chi connectivity index (χ0n) is 19.7. The van der Waals surface area contributed by atoms with E-state index in [1.165, 1.54) is 7.11 Å². The molecule has 0 aromatic rings. The molecule has 4 fully saturated rings. The maximum Gasteiger partial charge on any atom is 0.305 e. The van der Waals surface area contributed by atoms with E-state index in [2.05, 4.69) is 13.8 Å². The Morgan fingerprint density at radius 2 is 1.81 bits per heavy atom. The van der Waals surface area contributed by atoms with E-state index in [4.69, 9.17) is 4.74 Å². The summed E-state index contributed by atoms with van der Waals surface area (Å²) in [5.74, 6) is -6.61. The smallest absolute Gasteiger partial charge is 0.305 e. The second kappa shape index (κ2) is 7.72. The van der Waals surface area contributed by atoms with Crippen LogP contribution in [0.15, 0.2) is 0 Å². The molecule has 3 unspecified atom stereocenters. The van der Waals surface area contributed by atoms with Crippen LogP contribution in [0.1, 0.15) is 78.6 Å². The third kappa shape index (κ3) is 3.44. The minimum absolute atomic E-state index is 0.0372. The molecular formula is C25H38F2O5. The minimum atomic E-state index is -3.58. The number of ketones is 1. The van der Waals surface area contributed by atoms with Crippen molar-refractivity contribution in [3.05, 3.63) is 0 Å². The first-order valence-electron chi connectivity index (χ1n) is 12.2.